The Kier molecular flexibility index (Phi) is 4.79. The maximum Gasteiger partial charge on any atom is 0.290 e. The van der Waals surface area contributed by atoms with Gasteiger partial charge in [0.05, 0.1) is 4.91 Å². The second-order valence-corrected chi connectivity index (χ2v) is 9.97. The Hall–Kier alpha value is -2.24. The smallest absolute Gasteiger partial charge is 0.290 e. The van der Waals surface area contributed by atoms with Crippen molar-refractivity contribution in [1.82, 2.24) is 5.32 Å². The van der Waals surface area contributed by atoms with Crippen LogP contribution in [0.2, 0.25) is 5.02 Å². The highest BCUT2D eigenvalue weighted by atomic mass is 35.5. The molecule has 2 aromatic rings. The Morgan fingerprint density at radius 1 is 1.10 bits per heavy atom. The van der Waals surface area contributed by atoms with E-state index in [4.69, 9.17) is 11.6 Å². The van der Waals surface area contributed by atoms with E-state index in [0.29, 0.717) is 4.91 Å². The molecule has 2 aromatic carbocycles. The topological polar surface area (TPSA) is 49.4 Å². The van der Waals surface area contributed by atoms with Crippen molar-refractivity contribution in [3.63, 3.8) is 0 Å². The van der Waals surface area contributed by atoms with E-state index >= 15 is 0 Å². The van der Waals surface area contributed by atoms with Gasteiger partial charge in [-0.05, 0) is 79.1 Å². The van der Waals surface area contributed by atoms with Gasteiger partial charge in [0.25, 0.3) is 11.1 Å². The fraction of sp³-hybridized carbons (Fsp3) is 0.304. The number of imide groups is 1. The molecule has 2 aliphatic rings. The predicted molar refractivity (Wildman–Crippen MR) is 121 cm³/mol. The number of carbonyl (C=O) groups is 2. The van der Waals surface area contributed by atoms with Crippen LogP contribution in [-0.2, 0) is 10.2 Å². The molecule has 150 valence electrons. The molecular weight excluding hydrogens is 404 g/mol. The fourth-order valence-corrected chi connectivity index (χ4v) is 5.24. The van der Waals surface area contributed by atoms with Gasteiger partial charge in [0.15, 0.2) is 0 Å². The number of benzene rings is 2. The number of hydrogen-bond donors (Lipinski definition) is 1. The molecule has 1 atom stereocenters. The van der Waals surface area contributed by atoms with Crippen LogP contribution in [0, 0.1) is 0 Å². The second kappa shape index (κ2) is 6.92. The van der Waals surface area contributed by atoms with Gasteiger partial charge in [-0.2, -0.15) is 0 Å². The van der Waals surface area contributed by atoms with Gasteiger partial charge < -0.3 is 4.90 Å². The molecule has 6 heteroatoms. The molecule has 0 aromatic heterocycles. The van der Waals surface area contributed by atoms with Gasteiger partial charge in [-0.15, -0.1) is 0 Å². The Bertz CT molecular complexity index is 1050. The lowest BCUT2D eigenvalue weighted by atomic mass is 9.65. The number of halogens is 1. The third-order valence-electron chi connectivity index (χ3n) is 6.09. The van der Waals surface area contributed by atoms with E-state index in [0.717, 1.165) is 28.8 Å². The van der Waals surface area contributed by atoms with Crippen molar-refractivity contribution in [3.05, 3.63) is 69.1 Å². The zero-order valence-corrected chi connectivity index (χ0v) is 18.4. The van der Waals surface area contributed by atoms with Crippen molar-refractivity contribution in [1.29, 1.82) is 0 Å². The van der Waals surface area contributed by atoms with E-state index in [1.807, 2.05) is 18.2 Å². The van der Waals surface area contributed by atoms with Gasteiger partial charge in [0, 0.05) is 28.7 Å². The molecule has 1 fully saturated rings. The highest BCUT2D eigenvalue weighted by molar-refractivity contribution is 8.18. The number of carbonyl (C=O) groups excluding carboxylic acids is 2. The molecule has 0 aliphatic carbocycles. The summed E-state index contributed by atoms with van der Waals surface area (Å²) in [5.74, 6) is -0.337. The van der Waals surface area contributed by atoms with Gasteiger partial charge in [0.1, 0.15) is 0 Å². The van der Waals surface area contributed by atoms with E-state index in [1.165, 1.54) is 16.8 Å². The molecule has 0 saturated carbocycles. The van der Waals surface area contributed by atoms with Crippen molar-refractivity contribution in [2.45, 2.75) is 38.1 Å². The molecule has 29 heavy (non-hydrogen) atoms. The van der Waals surface area contributed by atoms with E-state index in [-0.39, 0.29) is 22.1 Å². The Balaban J connectivity index is 1.87. The quantitative estimate of drug-likeness (QED) is 0.636. The molecule has 1 saturated heterocycles. The summed E-state index contributed by atoms with van der Waals surface area (Å²) in [6.45, 7) is 6.78. The highest BCUT2D eigenvalue weighted by Gasteiger charge is 2.44. The van der Waals surface area contributed by atoms with Crippen molar-refractivity contribution in [2.75, 3.05) is 11.9 Å². The van der Waals surface area contributed by atoms with Crippen LogP contribution in [0.25, 0.3) is 6.08 Å². The largest absolute Gasteiger partial charge is 0.369 e. The summed E-state index contributed by atoms with van der Waals surface area (Å²) in [6, 6.07) is 14.3. The fourth-order valence-electron chi connectivity index (χ4n) is 4.43. The van der Waals surface area contributed by atoms with Crippen molar-refractivity contribution < 1.29 is 9.59 Å². The van der Waals surface area contributed by atoms with Crippen LogP contribution in [0.1, 0.15) is 43.9 Å². The van der Waals surface area contributed by atoms with E-state index in [1.54, 1.807) is 6.08 Å². The average molecular weight is 427 g/mol. The second-order valence-electron chi connectivity index (χ2n) is 8.52. The average Bonchev–Trinajstić information content (AvgIpc) is 2.97. The minimum atomic E-state index is -0.337. The van der Waals surface area contributed by atoms with Gasteiger partial charge >= 0.3 is 0 Å². The summed E-state index contributed by atoms with van der Waals surface area (Å²) in [6.07, 6.45) is 2.71. The van der Waals surface area contributed by atoms with Crippen molar-refractivity contribution >= 4 is 46.3 Å². The molecule has 0 spiro atoms. The Morgan fingerprint density at radius 2 is 1.79 bits per heavy atom. The summed E-state index contributed by atoms with van der Waals surface area (Å²) < 4.78 is 0. The first-order valence-electron chi connectivity index (χ1n) is 9.49. The normalized spacial score (nSPS) is 24.6. The molecule has 4 nitrogen and oxygen atoms in total. The molecule has 0 bridgehead atoms. The number of hydrogen-bond acceptors (Lipinski definition) is 4. The Morgan fingerprint density at radius 3 is 2.41 bits per heavy atom. The molecule has 1 unspecified atom stereocenters. The maximum absolute atomic E-state index is 12.0. The third kappa shape index (κ3) is 3.47. The molecule has 2 amide bonds. The maximum atomic E-state index is 12.0. The lowest BCUT2D eigenvalue weighted by Gasteiger charge is -2.51. The lowest BCUT2D eigenvalue weighted by Crippen LogP contribution is -2.51. The van der Waals surface area contributed by atoms with Crippen molar-refractivity contribution in [2.24, 2.45) is 0 Å². The summed E-state index contributed by atoms with van der Waals surface area (Å²) in [5, 5.41) is 2.70. The number of anilines is 1. The predicted octanol–water partition coefficient (Wildman–Crippen LogP) is 5.59. The van der Waals surface area contributed by atoms with Crippen LogP contribution in [0.15, 0.2) is 47.4 Å². The minimum absolute atomic E-state index is 0.0328. The molecular formula is C23H23ClN2O2S. The van der Waals surface area contributed by atoms with E-state index < -0.39 is 0 Å². The van der Waals surface area contributed by atoms with Crippen LogP contribution in [0.5, 0.6) is 0 Å². The van der Waals surface area contributed by atoms with Crippen LogP contribution < -0.4 is 10.2 Å². The van der Waals surface area contributed by atoms with Crippen LogP contribution >= 0.6 is 23.4 Å². The number of nitrogens with one attached hydrogen (secondary N) is 1. The highest BCUT2D eigenvalue weighted by Crippen LogP contribution is 2.50. The lowest BCUT2D eigenvalue weighted by molar-refractivity contribution is -0.115. The Labute approximate surface area is 180 Å². The monoisotopic (exact) mass is 426 g/mol. The number of amides is 2. The number of nitrogens with zero attached hydrogens (tertiary/aromatic N) is 1. The molecule has 0 radical (unpaired) electrons. The standard InChI is InChI=1S/C23H23ClN2O2S/c1-22(2)13-23(3,15-6-8-16(24)9-7-15)17-11-14(5-10-18(17)26(22)4)12-19-20(27)25-21(28)29-19/h5-12H,13H2,1-4H3,(H,25,27,28)/b19-12+. The van der Waals surface area contributed by atoms with Crippen molar-refractivity contribution in [3.8, 4) is 0 Å². The van der Waals surface area contributed by atoms with Gasteiger partial charge in [-0.3, -0.25) is 14.9 Å². The number of rotatable bonds is 2. The third-order valence-corrected chi connectivity index (χ3v) is 7.15. The molecule has 1 N–H and O–H groups in total. The molecule has 2 heterocycles. The summed E-state index contributed by atoms with van der Waals surface area (Å²) in [4.78, 5) is 26.2. The SMILES string of the molecule is CN1c2ccc(/C=C3/SC(=O)NC3=O)cc2C(C)(c2ccc(Cl)cc2)CC1(C)C. The van der Waals surface area contributed by atoms with Gasteiger partial charge in [0.2, 0.25) is 0 Å². The minimum Gasteiger partial charge on any atom is -0.369 e. The van der Waals surface area contributed by atoms with E-state index in [9.17, 15) is 9.59 Å². The van der Waals surface area contributed by atoms with Gasteiger partial charge in [-0.25, -0.2) is 0 Å². The van der Waals surface area contributed by atoms with Crippen LogP contribution in [0.3, 0.4) is 0 Å². The summed E-state index contributed by atoms with van der Waals surface area (Å²) >= 11 is 7.08. The first-order valence-corrected chi connectivity index (χ1v) is 10.7. The summed E-state index contributed by atoms with van der Waals surface area (Å²) in [5.41, 5.74) is 4.23. The van der Waals surface area contributed by atoms with Crippen LogP contribution in [-0.4, -0.2) is 23.7 Å². The summed E-state index contributed by atoms with van der Waals surface area (Å²) in [7, 11) is 2.12. The molecule has 2 aliphatic heterocycles. The molecule has 4 rings (SSSR count). The number of fused-ring (bicyclic) bond motifs is 1. The zero-order chi connectivity index (χ0) is 21.0. The first-order chi connectivity index (χ1) is 13.6. The number of thioether (sulfide) groups is 1. The van der Waals surface area contributed by atoms with E-state index in [2.05, 4.69) is 62.3 Å². The van der Waals surface area contributed by atoms with Crippen LogP contribution in [0.4, 0.5) is 10.5 Å². The first kappa shape index (κ1) is 20.0. The zero-order valence-electron chi connectivity index (χ0n) is 16.9. The van der Waals surface area contributed by atoms with Gasteiger partial charge in [-0.1, -0.05) is 36.7 Å².